The number of rotatable bonds is 10. The molecule has 32 heavy (non-hydrogen) atoms. The van der Waals surface area contributed by atoms with Crippen molar-refractivity contribution >= 4 is 21.6 Å². The van der Waals surface area contributed by atoms with Gasteiger partial charge in [-0.15, -0.1) is 11.8 Å². The zero-order valence-electron chi connectivity index (χ0n) is 17.9. The second-order valence-electron chi connectivity index (χ2n) is 7.51. The lowest BCUT2D eigenvalue weighted by atomic mass is 9.99. The van der Waals surface area contributed by atoms with Crippen LogP contribution in [0.5, 0.6) is 0 Å². The van der Waals surface area contributed by atoms with E-state index in [1.54, 1.807) is 0 Å². The second kappa shape index (κ2) is 11.3. The number of pyridine rings is 1. The minimum atomic E-state index is -3.31. The fourth-order valence-corrected chi connectivity index (χ4v) is 5.98. The van der Waals surface area contributed by atoms with E-state index in [1.165, 1.54) is 11.8 Å². The van der Waals surface area contributed by atoms with E-state index in [0.29, 0.717) is 17.0 Å². The van der Waals surface area contributed by atoms with Gasteiger partial charge in [-0.3, -0.25) is 0 Å². The molecule has 0 radical (unpaired) electrons. The molecule has 0 saturated heterocycles. The van der Waals surface area contributed by atoms with Crippen molar-refractivity contribution < 1.29 is 13.5 Å². The van der Waals surface area contributed by atoms with Gasteiger partial charge in [0.25, 0.3) is 0 Å². The molecule has 0 bridgehead atoms. The number of hydrogen-bond donors (Lipinski definition) is 1. The summed E-state index contributed by atoms with van der Waals surface area (Å²) in [5.74, 6) is -0.0696. The van der Waals surface area contributed by atoms with E-state index in [2.05, 4.69) is 6.07 Å². The second-order valence-corrected chi connectivity index (χ2v) is 10.7. The SMILES string of the molecule is CCCCS(=O)(=O)C[C@@H](O)CSc1nc(-c2ccccc2)cc(-c2ccccc2)c1C#N. The lowest BCUT2D eigenvalue weighted by molar-refractivity contribution is 0.222. The van der Waals surface area contributed by atoms with E-state index in [4.69, 9.17) is 4.98 Å². The number of aliphatic hydroxyl groups excluding tert-OH is 1. The molecule has 0 unspecified atom stereocenters. The number of aliphatic hydroxyl groups is 1. The number of nitriles is 1. The van der Waals surface area contributed by atoms with E-state index < -0.39 is 15.9 Å². The highest BCUT2D eigenvalue weighted by atomic mass is 32.2. The average molecular weight is 467 g/mol. The molecule has 0 spiro atoms. The molecule has 1 atom stereocenters. The van der Waals surface area contributed by atoms with Gasteiger partial charge >= 0.3 is 0 Å². The maximum Gasteiger partial charge on any atom is 0.152 e. The van der Waals surface area contributed by atoms with Crippen molar-refractivity contribution in [3.63, 3.8) is 0 Å². The quantitative estimate of drug-likeness (QED) is 0.425. The van der Waals surface area contributed by atoms with E-state index in [-0.39, 0.29) is 17.3 Å². The lowest BCUT2D eigenvalue weighted by Crippen LogP contribution is -2.25. The van der Waals surface area contributed by atoms with Gasteiger partial charge in [-0.2, -0.15) is 5.26 Å². The fraction of sp³-hybridized carbons (Fsp3) is 0.280. The van der Waals surface area contributed by atoms with Gasteiger partial charge < -0.3 is 5.11 Å². The Kier molecular flexibility index (Phi) is 8.46. The first-order chi connectivity index (χ1) is 15.4. The van der Waals surface area contributed by atoms with Crippen LogP contribution in [0.3, 0.4) is 0 Å². The van der Waals surface area contributed by atoms with Crippen LogP contribution >= 0.6 is 11.8 Å². The van der Waals surface area contributed by atoms with Crippen LogP contribution in [0.1, 0.15) is 25.3 Å². The van der Waals surface area contributed by atoms with Crippen LogP contribution in [0.2, 0.25) is 0 Å². The van der Waals surface area contributed by atoms with Gasteiger partial charge in [-0.1, -0.05) is 74.0 Å². The average Bonchev–Trinajstić information content (AvgIpc) is 2.81. The molecule has 7 heteroatoms. The Morgan fingerprint density at radius 2 is 1.69 bits per heavy atom. The third-order valence-electron chi connectivity index (χ3n) is 4.92. The monoisotopic (exact) mass is 466 g/mol. The fourth-order valence-electron chi connectivity index (χ4n) is 3.30. The van der Waals surface area contributed by atoms with Crippen molar-refractivity contribution in [2.24, 2.45) is 0 Å². The Morgan fingerprint density at radius 3 is 2.28 bits per heavy atom. The predicted octanol–water partition coefficient (Wildman–Crippen LogP) is 4.96. The number of aromatic nitrogens is 1. The maximum atomic E-state index is 12.2. The van der Waals surface area contributed by atoms with Crippen LogP contribution in [0.25, 0.3) is 22.4 Å². The lowest BCUT2D eigenvalue weighted by Gasteiger charge is -2.14. The van der Waals surface area contributed by atoms with Crippen LogP contribution in [-0.2, 0) is 9.84 Å². The smallest absolute Gasteiger partial charge is 0.152 e. The molecule has 0 amide bonds. The van der Waals surface area contributed by atoms with Gasteiger partial charge in [0.15, 0.2) is 9.84 Å². The Morgan fingerprint density at radius 1 is 1.06 bits per heavy atom. The van der Waals surface area contributed by atoms with Crippen molar-refractivity contribution in [2.75, 3.05) is 17.3 Å². The van der Waals surface area contributed by atoms with Crippen molar-refractivity contribution in [3.8, 4) is 28.5 Å². The van der Waals surface area contributed by atoms with Gasteiger partial charge in [-0.05, 0) is 18.1 Å². The molecule has 1 N–H and O–H groups in total. The van der Waals surface area contributed by atoms with Gasteiger partial charge in [0.1, 0.15) is 11.1 Å². The summed E-state index contributed by atoms with van der Waals surface area (Å²) in [7, 11) is -3.31. The van der Waals surface area contributed by atoms with Gasteiger partial charge in [0.05, 0.1) is 28.9 Å². The Hall–Kier alpha value is -2.66. The van der Waals surface area contributed by atoms with E-state index in [9.17, 15) is 18.8 Å². The van der Waals surface area contributed by atoms with Crippen LogP contribution in [0, 0.1) is 11.3 Å². The number of sulfone groups is 1. The summed E-state index contributed by atoms with van der Waals surface area (Å²) >= 11 is 1.21. The number of thioether (sulfide) groups is 1. The molecule has 1 aromatic heterocycles. The maximum absolute atomic E-state index is 12.2. The number of nitrogens with zero attached hydrogens (tertiary/aromatic N) is 2. The Balaban J connectivity index is 1.93. The summed E-state index contributed by atoms with van der Waals surface area (Å²) in [4.78, 5) is 4.70. The first-order valence-corrected chi connectivity index (χ1v) is 13.3. The summed E-state index contributed by atoms with van der Waals surface area (Å²) in [5, 5.41) is 20.8. The summed E-state index contributed by atoms with van der Waals surface area (Å²) < 4.78 is 24.4. The highest BCUT2D eigenvalue weighted by molar-refractivity contribution is 7.99. The highest BCUT2D eigenvalue weighted by Gasteiger charge is 2.20. The minimum absolute atomic E-state index is 0.0779. The van der Waals surface area contributed by atoms with Crippen molar-refractivity contribution in [1.82, 2.24) is 4.98 Å². The molecule has 0 fully saturated rings. The van der Waals surface area contributed by atoms with E-state index in [0.717, 1.165) is 28.8 Å². The van der Waals surface area contributed by atoms with Crippen molar-refractivity contribution in [2.45, 2.75) is 30.9 Å². The molecular weight excluding hydrogens is 440 g/mol. The van der Waals surface area contributed by atoms with Gasteiger partial charge in [-0.25, -0.2) is 13.4 Å². The van der Waals surface area contributed by atoms with E-state index in [1.807, 2.05) is 73.7 Å². The molecule has 166 valence electrons. The zero-order chi connectivity index (χ0) is 23.0. The topological polar surface area (TPSA) is 91.1 Å². The summed E-state index contributed by atoms with van der Waals surface area (Å²) in [6, 6.07) is 23.5. The van der Waals surface area contributed by atoms with Crippen LogP contribution in [-0.4, -0.2) is 41.9 Å². The third-order valence-corrected chi connectivity index (χ3v) is 7.84. The highest BCUT2D eigenvalue weighted by Crippen LogP contribution is 2.34. The molecule has 3 rings (SSSR count). The molecule has 2 aromatic carbocycles. The minimum Gasteiger partial charge on any atom is -0.391 e. The van der Waals surface area contributed by atoms with Gasteiger partial charge in [0.2, 0.25) is 0 Å². The molecule has 1 heterocycles. The summed E-state index contributed by atoms with van der Waals surface area (Å²) in [6.07, 6.45) is 0.339. The van der Waals surface area contributed by atoms with Crippen molar-refractivity contribution in [1.29, 1.82) is 5.26 Å². The number of unbranched alkanes of at least 4 members (excludes halogenated alkanes) is 1. The Bertz CT molecular complexity index is 1180. The normalized spacial score (nSPS) is 12.3. The predicted molar refractivity (Wildman–Crippen MR) is 130 cm³/mol. The standard InChI is InChI=1S/C25H26N2O3S2/c1-2-3-14-32(29,30)18-21(28)17-31-25-23(16-26)22(19-10-6-4-7-11-19)15-24(27-25)20-12-8-5-9-13-20/h4-13,15,21,28H,2-3,14,17-18H2,1H3/t21-/m0/s1. The molecule has 0 aliphatic heterocycles. The number of benzene rings is 2. The van der Waals surface area contributed by atoms with E-state index >= 15 is 0 Å². The summed E-state index contributed by atoms with van der Waals surface area (Å²) in [5.41, 5.74) is 3.71. The molecule has 0 aliphatic carbocycles. The van der Waals surface area contributed by atoms with Crippen molar-refractivity contribution in [3.05, 3.63) is 72.3 Å². The molecule has 0 saturated carbocycles. The molecule has 5 nitrogen and oxygen atoms in total. The van der Waals surface area contributed by atoms with Crippen LogP contribution in [0.4, 0.5) is 0 Å². The third kappa shape index (κ3) is 6.42. The number of hydrogen-bond acceptors (Lipinski definition) is 6. The first-order valence-electron chi connectivity index (χ1n) is 10.5. The summed E-state index contributed by atoms with van der Waals surface area (Å²) in [6.45, 7) is 1.93. The van der Waals surface area contributed by atoms with Crippen LogP contribution in [0.15, 0.2) is 71.8 Å². The zero-order valence-corrected chi connectivity index (χ0v) is 19.6. The van der Waals surface area contributed by atoms with Gasteiger partial charge in [0, 0.05) is 16.9 Å². The first kappa shape index (κ1) is 24.0. The largest absolute Gasteiger partial charge is 0.391 e. The molecule has 3 aromatic rings. The molecule has 0 aliphatic rings. The Labute approximate surface area is 194 Å². The molecular formula is C25H26N2O3S2. The van der Waals surface area contributed by atoms with Crippen LogP contribution < -0.4 is 0 Å².